The Bertz CT molecular complexity index is 913. The number of hydrogen-bond donors (Lipinski definition) is 0. The van der Waals surface area contributed by atoms with Crippen LogP contribution in [-0.2, 0) is 12.8 Å². The Labute approximate surface area is 148 Å². The fraction of sp³-hybridized carbons (Fsp3) is 0.222. The van der Waals surface area contributed by atoms with Gasteiger partial charge in [0.1, 0.15) is 19.0 Å². The molecule has 2 aromatic carbocycles. The molecule has 0 atom stereocenters. The molecule has 128 valence electrons. The van der Waals surface area contributed by atoms with Crippen LogP contribution in [0.5, 0.6) is 11.5 Å². The maximum absolute atomic E-state index is 13.7. The second-order valence-corrected chi connectivity index (χ2v) is 6.55. The molecule has 0 fully saturated rings. The van der Waals surface area contributed by atoms with Crippen molar-refractivity contribution in [2.24, 2.45) is 7.05 Å². The smallest absolute Gasteiger partial charge is 0.191 e. The van der Waals surface area contributed by atoms with Crippen molar-refractivity contribution in [1.29, 1.82) is 0 Å². The summed E-state index contributed by atoms with van der Waals surface area (Å²) in [6, 6.07) is 12.5. The third kappa shape index (κ3) is 3.19. The lowest BCUT2D eigenvalue weighted by Crippen LogP contribution is -2.15. The number of halogens is 1. The third-order valence-electron chi connectivity index (χ3n) is 3.95. The van der Waals surface area contributed by atoms with Gasteiger partial charge in [-0.3, -0.25) is 0 Å². The largest absolute Gasteiger partial charge is 0.486 e. The van der Waals surface area contributed by atoms with Crippen LogP contribution in [0.3, 0.4) is 0 Å². The van der Waals surface area contributed by atoms with Gasteiger partial charge in [0.2, 0.25) is 0 Å². The summed E-state index contributed by atoms with van der Waals surface area (Å²) < 4.78 is 26.8. The van der Waals surface area contributed by atoms with E-state index in [4.69, 9.17) is 9.47 Å². The zero-order valence-corrected chi connectivity index (χ0v) is 14.4. The second-order valence-electron chi connectivity index (χ2n) is 5.60. The number of ether oxygens (including phenoxy) is 2. The molecule has 0 saturated carbocycles. The molecule has 0 bridgehead atoms. The van der Waals surface area contributed by atoms with Crippen LogP contribution in [-0.4, -0.2) is 28.0 Å². The van der Waals surface area contributed by atoms with Crippen LogP contribution in [0.1, 0.15) is 5.56 Å². The third-order valence-corrected chi connectivity index (χ3v) is 5.02. The average molecular weight is 357 g/mol. The van der Waals surface area contributed by atoms with E-state index in [-0.39, 0.29) is 5.82 Å². The number of rotatable bonds is 4. The highest BCUT2D eigenvalue weighted by Crippen LogP contribution is 2.34. The van der Waals surface area contributed by atoms with Crippen LogP contribution in [0.4, 0.5) is 4.39 Å². The number of hydrogen-bond acceptors (Lipinski definition) is 5. The van der Waals surface area contributed by atoms with Crippen LogP contribution < -0.4 is 9.47 Å². The molecule has 1 aliphatic heterocycles. The predicted octanol–water partition coefficient (Wildman–Crippen LogP) is 3.68. The lowest BCUT2D eigenvalue weighted by atomic mass is 10.2. The first-order chi connectivity index (χ1) is 12.2. The van der Waals surface area contributed by atoms with Gasteiger partial charge in [-0.25, -0.2) is 4.39 Å². The Balaban J connectivity index is 1.56. The Morgan fingerprint density at radius 2 is 1.88 bits per heavy atom. The fourth-order valence-corrected chi connectivity index (χ4v) is 3.53. The lowest BCUT2D eigenvalue weighted by molar-refractivity contribution is 0.171. The normalized spacial score (nSPS) is 13.0. The van der Waals surface area contributed by atoms with E-state index >= 15 is 0 Å². The Morgan fingerprint density at radius 1 is 1.08 bits per heavy atom. The summed E-state index contributed by atoms with van der Waals surface area (Å²) in [5, 5.41) is 9.23. The summed E-state index contributed by atoms with van der Waals surface area (Å²) in [6.45, 7) is 1.10. The van der Waals surface area contributed by atoms with E-state index < -0.39 is 0 Å². The van der Waals surface area contributed by atoms with Gasteiger partial charge in [-0.2, -0.15) is 0 Å². The van der Waals surface area contributed by atoms with Crippen molar-refractivity contribution in [1.82, 2.24) is 14.8 Å². The molecular weight excluding hydrogens is 341 g/mol. The van der Waals surface area contributed by atoms with Gasteiger partial charge in [0, 0.05) is 18.4 Å². The van der Waals surface area contributed by atoms with Crippen molar-refractivity contribution < 1.29 is 13.9 Å². The predicted molar refractivity (Wildman–Crippen MR) is 93.4 cm³/mol. The Morgan fingerprint density at radius 3 is 2.72 bits per heavy atom. The van der Waals surface area contributed by atoms with Crippen molar-refractivity contribution in [2.45, 2.75) is 10.9 Å². The molecule has 1 aromatic heterocycles. The van der Waals surface area contributed by atoms with Crippen LogP contribution in [0.15, 0.2) is 47.6 Å². The van der Waals surface area contributed by atoms with E-state index in [2.05, 4.69) is 10.2 Å². The van der Waals surface area contributed by atoms with Gasteiger partial charge < -0.3 is 14.0 Å². The summed E-state index contributed by atoms with van der Waals surface area (Å²) >= 11 is 1.45. The van der Waals surface area contributed by atoms with E-state index in [1.54, 1.807) is 12.1 Å². The molecule has 1 aliphatic rings. The molecule has 25 heavy (non-hydrogen) atoms. The summed E-state index contributed by atoms with van der Waals surface area (Å²) in [6.07, 6.45) is 0. The first-order valence-electron chi connectivity index (χ1n) is 7.88. The molecule has 7 heteroatoms. The van der Waals surface area contributed by atoms with Crippen LogP contribution in [0.2, 0.25) is 0 Å². The van der Waals surface area contributed by atoms with E-state index in [0.29, 0.717) is 30.3 Å². The van der Waals surface area contributed by atoms with E-state index in [1.807, 2.05) is 35.9 Å². The Kier molecular flexibility index (Phi) is 4.31. The number of benzene rings is 2. The van der Waals surface area contributed by atoms with Crippen molar-refractivity contribution in [3.05, 3.63) is 53.8 Å². The molecule has 0 unspecified atom stereocenters. The Hall–Kier alpha value is -2.54. The first-order valence-corrected chi connectivity index (χ1v) is 8.86. The minimum atomic E-state index is -0.204. The molecule has 0 saturated heterocycles. The molecule has 0 spiro atoms. The van der Waals surface area contributed by atoms with E-state index in [9.17, 15) is 4.39 Å². The quantitative estimate of drug-likeness (QED) is 0.667. The maximum atomic E-state index is 13.7. The standard InChI is InChI=1S/C18H16FN3O2S/c1-22-17(12-6-7-15-16(10-12)24-9-8-23-15)20-21-18(22)25-11-13-4-2-3-5-14(13)19/h2-7,10H,8-9,11H2,1H3. The van der Waals surface area contributed by atoms with Gasteiger partial charge in [0.05, 0.1) is 0 Å². The van der Waals surface area contributed by atoms with Crippen LogP contribution in [0, 0.1) is 5.82 Å². The first kappa shape index (κ1) is 16.0. The van der Waals surface area contributed by atoms with Gasteiger partial charge in [-0.1, -0.05) is 30.0 Å². The minimum absolute atomic E-state index is 0.204. The molecular formula is C18H16FN3O2S. The lowest BCUT2D eigenvalue weighted by Gasteiger charge is -2.18. The topological polar surface area (TPSA) is 49.2 Å². The molecule has 0 aliphatic carbocycles. The van der Waals surface area contributed by atoms with Gasteiger partial charge in [0.25, 0.3) is 0 Å². The maximum Gasteiger partial charge on any atom is 0.191 e. The highest BCUT2D eigenvalue weighted by Gasteiger charge is 2.16. The van der Waals surface area contributed by atoms with Crippen molar-refractivity contribution >= 4 is 11.8 Å². The highest BCUT2D eigenvalue weighted by molar-refractivity contribution is 7.98. The van der Waals surface area contributed by atoms with E-state index in [0.717, 1.165) is 22.3 Å². The molecule has 0 N–H and O–H groups in total. The SMILES string of the molecule is Cn1c(SCc2ccccc2F)nnc1-c1ccc2c(c1)OCCO2. The second kappa shape index (κ2) is 6.76. The monoisotopic (exact) mass is 357 g/mol. The zero-order valence-electron chi connectivity index (χ0n) is 13.6. The van der Waals surface area contributed by atoms with Gasteiger partial charge in [-0.05, 0) is 29.8 Å². The molecule has 0 radical (unpaired) electrons. The minimum Gasteiger partial charge on any atom is -0.486 e. The van der Waals surface area contributed by atoms with Crippen molar-refractivity contribution in [3.8, 4) is 22.9 Å². The number of nitrogens with zero attached hydrogens (tertiary/aromatic N) is 3. The van der Waals surface area contributed by atoms with Crippen LogP contribution >= 0.6 is 11.8 Å². The zero-order chi connectivity index (χ0) is 17.2. The molecule has 2 heterocycles. The number of fused-ring (bicyclic) bond motifs is 1. The number of aromatic nitrogens is 3. The summed E-state index contributed by atoms with van der Waals surface area (Å²) in [5.41, 5.74) is 1.55. The number of thioether (sulfide) groups is 1. The van der Waals surface area contributed by atoms with Crippen molar-refractivity contribution in [2.75, 3.05) is 13.2 Å². The van der Waals surface area contributed by atoms with Crippen molar-refractivity contribution in [3.63, 3.8) is 0 Å². The summed E-state index contributed by atoms with van der Waals surface area (Å²) in [5.74, 6) is 2.48. The summed E-state index contributed by atoms with van der Waals surface area (Å²) in [7, 11) is 1.90. The van der Waals surface area contributed by atoms with E-state index in [1.165, 1.54) is 17.8 Å². The molecule has 3 aromatic rings. The van der Waals surface area contributed by atoms with Gasteiger partial charge >= 0.3 is 0 Å². The van der Waals surface area contributed by atoms with Crippen LogP contribution in [0.25, 0.3) is 11.4 Å². The van der Waals surface area contributed by atoms with Gasteiger partial charge in [0.15, 0.2) is 22.5 Å². The fourth-order valence-electron chi connectivity index (χ4n) is 2.63. The molecule has 0 amide bonds. The average Bonchev–Trinajstić information content (AvgIpc) is 3.01. The van der Waals surface area contributed by atoms with Gasteiger partial charge in [-0.15, -0.1) is 10.2 Å². The highest BCUT2D eigenvalue weighted by atomic mass is 32.2. The summed E-state index contributed by atoms with van der Waals surface area (Å²) in [4.78, 5) is 0. The molecule has 5 nitrogen and oxygen atoms in total. The molecule has 4 rings (SSSR count).